The Labute approximate surface area is 128 Å². The highest BCUT2D eigenvalue weighted by Crippen LogP contribution is 2.26. The maximum Gasteiger partial charge on any atom is 0.262 e. The Balaban J connectivity index is 2.15. The Bertz CT molecular complexity index is 703. The minimum absolute atomic E-state index is 0.101. The van der Waals surface area contributed by atoms with Crippen LogP contribution in [0.3, 0.4) is 0 Å². The molecule has 5 nitrogen and oxygen atoms in total. The molecular weight excluding hydrogens is 286 g/mol. The van der Waals surface area contributed by atoms with E-state index in [4.69, 9.17) is 0 Å². The molecule has 2 aromatic rings. The van der Waals surface area contributed by atoms with Gasteiger partial charge in [0.1, 0.15) is 4.83 Å². The molecule has 0 bridgehead atoms. The molecule has 0 aliphatic heterocycles. The molecule has 0 saturated heterocycles. The number of hydrogen-bond donors (Lipinski definition) is 1. The molecule has 0 aromatic carbocycles. The number of amides is 1. The number of fused-ring (bicyclic) bond motifs is 1. The monoisotopic (exact) mass is 307 g/mol. The van der Waals surface area contributed by atoms with Crippen molar-refractivity contribution in [3.8, 4) is 0 Å². The van der Waals surface area contributed by atoms with E-state index in [1.54, 1.807) is 7.05 Å². The van der Waals surface area contributed by atoms with Crippen LogP contribution in [0.25, 0.3) is 10.2 Å². The topological polar surface area (TPSA) is 64.0 Å². The van der Waals surface area contributed by atoms with E-state index in [9.17, 15) is 9.59 Å². The van der Waals surface area contributed by atoms with Crippen molar-refractivity contribution in [2.24, 2.45) is 7.05 Å². The van der Waals surface area contributed by atoms with Gasteiger partial charge in [-0.25, -0.2) is 4.98 Å². The van der Waals surface area contributed by atoms with Gasteiger partial charge in [0.25, 0.3) is 11.5 Å². The molecular formula is C15H21N3O2S. The third kappa shape index (κ3) is 3.32. The normalized spacial score (nSPS) is 11.0. The molecule has 0 saturated carbocycles. The molecule has 0 aliphatic carbocycles. The third-order valence-electron chi connectivity index (χ3n) is 3.53. The summed E-state index contributed by atoms with van der Waals surface area (Å²) in [5, 5.41) is 3.49. The lowest BCUT2D eigenvalue weighted by molar-refractivity contribution is 0.0956. The SMILES string of the molecule is CCCCCCNC(=O)c1sc2ncn(C)c(=O)c2c1C. The van der Waals surface area contributed by atoms with Crippen LogP contribution in [0, 0.1) is 6.92 Å². The number of aromatic nitrogens is 2. The zero-order chi connectivity index (χ0) is 15.4. The van der Waals surface area contributed by atoms with Gasteiger partial charge in [-0.15, -0.1) is 11.3 Å². The third-order valence-corrected chi connectivity index (χ3v) is 4.73. The van der Waals surface area contributed by atoms with Crippen LogP contribution in [0.1, 0.15) is 47.8 Å². The standard InChI is InChI=1S/C15H21N3O2S/c1-4-5-6-7-8-16-13(19)12-10(2)11-14(21-12)17-9-18(3)15(11)20/h9H,4-8H2,1-3H3,(H,16,19). The Kier molecular flexibility index (Phi) is 5.12. The van der Waals surface area contributed by atoms with Gasteiger partial charge in [-0.2, -0.15) is 0 Å². The lowest BCUT2D eigenvalue weighted by Crippen LogP contribution is -2.24. The summed E-state index contributed by atoms with van der Waals surface area (Å²) in [6.45, 7) is 4.65. The van der Waals surface area contributed by atoms with E-state index in [2.05, 4.69) is 17.2 Å². The van der Waals surface area contributed by atoms with Gasteiger partial charge in [-0.3, -0.25) is 9.59 Å². The van der Waals surface area contributed by atoms with Crippen molar-refractivity contribution in [3.63, 3.8) is 0 Å². The minimum atomic E-state index is -0.103. The highest BCUT2D eigenvalue weighted by Gasteiger charge is 2.18. The summed E-state index contributed by atoms with van der Waals surface area (Å²) >= 11 is 1.29. The highest BCUT2D eigenvalue weighted by atomic mass is 32.1. The summed E-state index contributed by atoms with van der Waals surface area (Å²) in [6.07, 6.45) is 5.98. The number of nitrogens with one attached hydrogen (secondary N) is 1. The lowest BCUT2D eigenvalue weighted by Gasteiger charge is -2.03. The van der Waals surface area contributed by atoms with Crippen LogP contribution in [0.5, 0.6) is 0 Å². The molecule has 0 spiro atoms. The number of nitrogens with zero attached hydrogens (tertiary/aromatic N) is 2. The van der Waals surface area contributed by atoms with Gasteiger partial charge in [0, 0.05) is 13.6 Å². The Morgan fingerprint density at radius 1 is 1.38 bits per heavy atom. The predicted octanol–water partition coefficient (Wildman–Crippen LogP) is 2.61. The molecule has 6 heteroatoms. The van der Waals surface area contributed by atoms with Crippen LogP contribution in [0.2, 0.25) is 0 Å². The van der Waals surface area contributed by atoms with Crippen molar-refractivity contribution in [2.45, 2.75) is 39.5 Å². The molecule has 0 unspecified atom stereocenters. The summed E-state index contributed by atoms with van der Waals surface area (Å²) in [6, 6.07) is 0. The van der Waals surface area contributed by atoms with Gasteiger partial charge in [-0.05, 0) is 18.9 Å². The Morgan fingerprint density at radius 2 is 2.14 bits per heavy atom. The zero-order valence-electron chi connectivity index (χ0n) is 12.7. The molecule has 0 radical (unpaired) electrons. The summed E-state index contributed by atoms with van der Waals surface area (Å²) in [5.41, 5.74) is 0.630. The molecule has 114 valence electrons. The van der Waals surface area contributed by atoms with Gasteiger partial charge >= 0.3 is 0 Å². The second kappa shape index (κ2) is 6.85. The number of thiophene rings is 1. The molecule has 2 aromatic heterocycles. The number of rotatable bonds is 6. The van der Waals surface area contributed by atoms with Gasteiger partial charge < -0.3 is 9.88 Å². The molecule has 2 heterocycles. The van der Waals surface area contributed by atoms with Crippen molar-refractivity contribution < 1.29 is 4.79 Å². The summed E-state index contributed by atoms with van der Waals surface area (Å²) in [7, 11) is 1.67. The molecule has 1 N–H and O–H groups in total. The first kappa shape index (κ1) is 15.7. The first-order valence-corrected chi connectivity index (χ1v) is 8.10. The Hall–Kier alpha value is -1.69. The largest absolute Gasteiger partial charge is 0.351 e. The van der Waals surface area contributed by atoms with E-state index in [0.29, 0.717) is 21.6 Å². The lowest BCUT2D eigenvalue weighted by atomic mass is 10.2. The number of hydrogen-bond acceptors (Lipinski definition) is 4. The van der Waals surface area contributed by atoms with Crippen molar-refractivity contribution in [3.05, 3.63) is 27.1 Å². The summed E-state index contributed by atoms with van der Waals surface area (Å²) < 4.78 is 1.44. The maximum absolute atomic E-state index is 12.2. The predicted molar refractivity (Wildman–Crippen MR) is 86.1 cm³/mol. The van der Waals surface area contributed by atoms with Gasteiger partial charge in [0.2, 0.25) is 0 Å². The van der Waals surface area contributed by atoms with E-state index < -0.39 is 0 Å². The Morgan fingerprint density at radius 3 is 2.86 bits per heavy atom. The highest BCUT2D eigenvalue weighted by molar-refractivity contribution is 7.20. The quantitative estimate of drug-likeness (QED) is 0.834. The molecule has 21 heavy (non-hydrogen) atoms. The van der Waals surface area contributed by atoms with E-state index in [-0.39, 0.29) is 11.5 Å². The van der Waals surface area contributed by atoms with Crippen molar-refractivity contribution >= 4 is 27.5 Å². The van der Waals surface area contributed by atoms with E-state index in [1.807, 2.05) is 6.92 Å². The fourth-order valence-electron chi connectivity index (χ4n) is 2.26. The van der Waals surface area contributed by atoms with Crippen LogP contribution in [-0.4, -0.2) is 22.0 Å². The number of carbonyl (C=O) groups excluding carboxylic acids is 1. The first-order chi connectivity index (χ1) is 10.1. The molecule has 2 rings (SSSR count). The zero-order valence-corrected chi connectivity index (χ0v) is 13.5. The molecule has 1 amide bonds. The fraction of sp³-hybridized carbons (Fsp3) is 0.533. The number of unbranched alkanes of at least 4 members (excludes halogenated alkanes) is 3. The van der Waals surface area contributed by atoms with Gasteiger partial charge in [0.05, 0.1) is 16.6 Å². The first-order valence-electron chi connectivity index (χ1n) is 7.29. The van der Waals surface area contributed by atoms with Crippen LogP contribution in [-0.2, 0) is 7.05 Å². The van der Waals surface area contributed by atoms with Crippen molar-refractivity contribution in [1.29, 1.82) is 0 Å². The van der Waals surface area contributed by atoms with Crippen LogP contribution < -0.4 is 10.9 Å². The second-order valence-electron chi connectivity index (χ2n) is 5.21. The molecule has 0 aliphatic rings. The van der Waals surface area contributed by atoms with Crippen LogP contribution in [0.15, 0.2) is 11.1 Å². The second-order valence-corrected chi connectivity index (χ2v) is 6.21. The smallest absolute Gasteiger partial charge is 0.262 e. The van der Waals surface area contributed by atoms with Crippen LogP contribution in [0.4, 0.5) is 0 Å². The van der Waals surface area contributed by atoms with E-state index >= 15 is 0 Å². The maximum atomic E-state index is 12.2. The molecule has 0 atom stereocenters. The molecule has 0 fully saturated rings. The van der Waals surface area contributed by atoms with E-state index in [1.165, 1.54) is 35.1 Å². The average molecular weight is 307 g/mol. The fourth-order valence-corrected chi connectivity index (χ4v) is 3.32. The average Bonchev–Trinajstić information content (AvgIpc) is 2.80. The number of aryl methyl sites for hydroxylation is 2. The number of carbonyl (C=O) groups is 1. The summed E-state index contributed by atoms with van der Waals surface area (Å²) in [4.78, 5) is 29.8. The van der Waals surface area contributed by atoms with Crippen molar-refractivity contribution in [1.82, 2.24) is 14.9 Å². The van der Waals surface area contributed by atoms with E-state index in [0.717, 1.165) is 18.4 Å². The van der Waals surface area contributed by atoms with Gasteiger partial charge in [-0.1, -0.05) is 26.2 Å². The summed E-state index contributed by atoms with van der Waals surface area (Å²) in [5.74, 6) is -0.103. The minimum Gasteiger partial charge on any atom is -0.351 e. The van der Waals surface area contributed by atoms with Crippen LogP contribution >= 0.6 is 11.3 Å². The van der Waals surface area contributed by atoms with Gasteiger partial charge in [0.15, 0.2) is 0 Å². The van der Waals surface area contributed by atoms with Crippen molar-refractivity contribution in [2.75, 3.05) is 6.54 Å².